The van der Waals surface area contributed by atoms with Gasteiger partial charge in [-0.05, 0) is 69.9 Å². The highest BCUT2D eigenvalue weighted by atomic mass is 31.1. The summed E-state index contributed by atoms with van der Waals surface area (Å²) in [7, 11) is -1.91. The largest absolute Gasteiger partial charge is 0.392 e. The predicted molar refractivity (Wildman–Crippen MR) is 181 cm³/mol. The number of benzene rings is 6. The molecular weight excluding hydrogens is 550 g/mol. The second-order valence-electron chi connectivity index (χ2n) is 9.95. The van der Waals surface area contributed by atoms with Crippen molar-refractivity contribution in [1.29, 1.82) is 0 Å². The van der Waals surface area contributed by atoms with Gasteiger partial charge in [0.25, 0.3) is 0 Å². The van der Waals surface area contributed by atoms with E-state index in [4.69, 9.17) is 0 Å². The molecule has 0 fully saturated rings. The summed E-state index contributed by atoms with van der Waals surface area (Å²) >= 11 is 0. The Kier molecular flexibility index (Phi) is 9.00. The van der Waals surface area contributed by atoms with Crippen molar-refractivity contribution in [2.75, 3.05) is 0 Å². The fourth-order valence-corrected chi connectivity index (χ4v) is 10.6. The maximum atomic E-state index is 10.8. The second kappa shape index (κ2) is 13.4. The third-order valence-electron chi connectivity index (χ3n) is 7.39. The van der Waals surface area contributed by atoms with Crippen molar-refractivity contribution in [2.45, 2.75) is 13.2 Å². The molecule has 0 aliphatic heterocycles. The average Bonchev–Trinajstić information content (AvgIpc) is 3.07. The van der Waals surface area contributed by atoms with Crippen LogP contribution in [0.4, 0.5) is 0 Å². The Balaban J connectivity index is 1.69. The molecule has 0 spiro atoms. The van der Waals surface area contributed by atoms with E-state index in [1.807, 2.05) is 12.1 Å². The van der Waals surface area contributed by atoms with Crippen LogP contribution in [0, 0.1) is 0 Å². The van der Waals surface area contributed by atoms with Crippen LogP contribution in [0.25, 0.3) is 11.1 Å². The monoisotopic (exact) mass is 582 g/mol. The molecule has 0 saturated heterocycles. The van der Waals surface area contributed by atoms with E-state index in [0.29, 0.717) is 0 Å². The topological polar surface area (TPSA) is 40.5 Å². The number of aliphatic hydroxyl groups is 2. The molecule has 206 valence electrons. The lowest BCUT2D eigenvalue weighted by Gasteiger charge is -2.29. The Hall–Kier alpha value is -3.90. The minimum absolute atomic E-state index is 0.0935. The molecule has 0 aromatic heterocycles. The Morgan fingerprint density at radius 3 is 0.881 bits per heavy atom. The van der Waals surface area contributed by atoms with Crippen LogP contribution in [0.2, 0.25) is 0 Å². The minimum Gasteiger partial charge on any atom is -0.392 e. The number of aliphatic hydroxyl groups excluding tert-OH is 2. The van der Waals surface area contributed by atoms with E-state index < -0.39 is 15.8 Å². The molecule has 42 heavy (non-hydrogen) atoms. The fourth-order valence-electron chi connectivity index (χ4n) is 5.55. The van der Waals surface area contributed by atoms with Gasteiger partial charge < -0.3 is 10.2 Å². The fraction of sp³-hybridized carbons (Fsp3) is 0.0526. The van der Waals surface area contributed by atoms with Crippen LogP contribution in [0.5, 0.6) is 0 Å². The van der Waals surface area contributed by atoms with Gasteiger partial charge in [-0.25, -0.2) is 0 Å². The van der Waals surface area contributed by atoms with Crippen LogP contribution in [0.1, 0.15) is 11.1 Å². The maximum Gasteiger partial charge on any atom is 0.0688 e. The summed E-state index contributed by atoms with van der Waals surface area (Å²) in [6.45, 7) is -0.187. The van der Waals surface area contributed by atoms with Crippen LogP contribution in [-0.4, -0.2) is 10.2 Å². The smallest absolute Gasteiger partial charge is 0.0688 e. The summed E-state index contributed by atoms with van der Waals surface area (Å²) in [6.07, 6.45) is 0. The SMILES string of the molecule is OCc1cccc(P(c2ccccc2)c2ccccc2)c1-c1c(CO)cccc1P(c1ccccc1)c1ccccc1. The molecular formula is C38H32O2P2. The average molecular weight is 583 g/mol. The zero-order valence-electron chi connectivity index (χ0n) is 23.2. The van der Waals surface area contributed by atoms with Crippen molar-refractivity contribution in [2.24, 2.45) is 0 Å². The lowest BCUT2D eigenvalue weighted by molar-refractivity contribution is 0.280. The summed E-state index contributed by atoms with van der Waals surface area (Å²) in [5, 5.41) is 28.9. The Bertz CT molecular complexity index is 1530. The summed E-state index contributed by atoms with van der Waals surface area (Å²) in [4.78, 5) is 0. The van der Waals surface area contributed by atoms with Gasteiger partial charge in [0.2, 0.25) is 0 Å². The van der Waals surface area contributed by atoms with E-state index in [0.717, 1.165) is 22.3 Å². The van der Waals surface area contributed by atoms with Gasteiger partial charge in [-0.15, -0.1) is 0 Å². The van der Waals surface area contributed by atoms with Gasteiger partial charge in [0.15, 0.2) is 0 Å². The number of rotatable bonds is 9. The first-order valence-corrected chi connectivity index (χ1v) is 16.7. The first kappa shape index (κ1) is 28.2. The Morgan fingerprint density at radius 2 is 0.619 bits per heavy atom. The zero-order valence-corrected chi connectivity index (χ0v) is 25.0. The van der Waals surface area contributed by atoms with Crippen molar-refractivity contribution >= 4 is 47.7 Å². The standard InChI is InChI=1S/C38H32O2P2/c39-27-29-15-13-25-35(41(31-17-5-1-6-18-31)32-19-7-2-8-20-32)37(29)38-30(28-40)16-14-26-36(38)42(33-21-9-3-10-22-33)34-23-11-4-12-24-34/h1-26,39-40H,27-28H2. The van der Waals surface area contributed by atoms with E-state index in [-0.39, 0.29) is 13.2 Å². The van der Waals surface area contributed by atoms with E-state index in [2.05, 4.69) is 146 Å². The number of hydrogen-bond donors (Lipinski definition) is 2. The number of hydrogen-bond acceptors (Lipinski definition) is 2. The van der Waals surface area contributed by atoms with Crippen molar-refractivity contribution in [3.05, 3.63) is 169 Å². The Labute approximate surface area is 250 Å². The van der Waals surface area contributed by atoms with E-state index in [9.17, 15) is 10.2 Å². The van der Waals surface area contributed by atoms with Gasteiger partial charge in [-0.2, -0.15) is 0 Å². The van der Waals surface area contributed by atoms with Gasteiger partial charge in [0.05, 0.1) is 13.2 Å². The quantitative estimate of drug-likeness (QED) is 0.210. The molecule has 0 heterocycles. The third-order valence-corrected chi connectivity index (χ3v) is 12.4. The lowest BCUT2D eigenvalue weighted by Crippen LogP contribution is -2.27. The third kappa shape index (κ3) is 5.73. The van der Waals surface area contributed by atoms with Crippen LogP contribution in [0.15, 0.2) is 158 Å². The van der Waals surface area contributed by atoms with E-state index >= 15 is 0 Å². The normalized spacial score (nSPS) is 11.2. The van der Waals surface area contributed by atoms with Crippen molar-refractivity contribution < 1.29 is 10.2 Å². The van der Waals surface area contributed by atoms with Gasteiger partial charge in [0.1, 0.15) is 0 Å². The van der Waals surface area contributed by atoms with E-state index in [1.54, 1.807) is 0 Å². The highest BCUT2D eigenvalue weighted by molar-refractivity contribution is 7.80. The van der Waals surface area contributed by atoms with Gasteiger partial charge in [-0.1, -0.05) is 158 Å². The molecule has 0 bridgehead atoms. The lowest BCUT2D eigenvalue weighted by atomic mass is 9.95. The molecule has 0 atom stereocenters. The highest BCUT2D eigenvalue weighted by Gasteiger charge is 2.28. The van der Waals surface area contributed by atoms with Crippen LogP contribution >= 0.6 is 15.8 Å². The second-order valence-corrected chi connectivity index (χ2v) is 14.3. The molecule has 6 rings (SSSR count). The summed E-state index contributed by atoms with van der Waals surface area (Å²) in [6, 6.07) is 55.2. The van der Waals surface area contributed by atoms with Crippen molar-refractivity contribution in [3.8, 4) is 11.1 Å². The van der Waals surface area contributed by atoms with Gasteiger partial charge >= 0.3 is 0 Å². The first-order chi connectivity index (χ1) is 20.8. The van der Waals surface area contributed by atoms with Crippen molar-refractivity contribution in [3.63, 3.8) is 0 Å². The van der Waals surface area contributed by atoms with Gasteiger partial charge in [0, 0.05) is 0 Å². The summed E-state index contributed by atoms with van der Waals surface area (Å²) < 4.78 is 0. The highest BCUT2D eigenvalue weighted by Crippen LogP contribution is 2.43. The molecule has 6 aromatic carbocycles. The molecule has 2 nitrogen and oxygen atoms in total. The molecule has 0 saturated carbocycles. The Morgan fingerprint density at radius 1 is 0.333 bits per heavy atom. The molecule has 0 aliphatic carbocycles. The molecule has 0 aliphatic rings. The maximum absolute atomic E-state index is 10.8. The molecule has 0 radical (unpaired) electrons. The van der Waals surface area contributed by atoms with Crippen LogP contribution in [-0.2, 0) is 13.2 Å². The van der Waals surface area contributed by atoms with Crippen molar-refractivity contribution in [1.82, 2.24) is 0 Å². The molecule has 4 heteroatoms. The molecule has 0 unspecified atom stereocenters. The molecule has 2 N–H and O–H groups in total. The van der Waals surface area contributed by atoms with E-state index in [1.165, 1.54) is 31.8 Å². The minimum atomic E-state index is -0.955. The zero-order chi connectivity index (χ0) is 28.7. The molecule has 0 amide bonds. The molecule has 6 aromatic rings. The predicted octanol–water partition coefficient (Wildman–Crippen LogP) is 5.85. The summed E-state index contributed by atoms with van der Waals surface area (Å²) in [5.41, 5.74) is 3.78. The first-order valence-electron chi connectivity index (χ1n) is 14.1. The van der Waals surface area contributed by atoms with Gasteiger partial charge in [-0.3, -0.25) is 0 Å². The van der Waals surface area contributed by atoms with Crippen LogP contribution < -0.4 is 31.8 Å². The van der Waals surface area contributed by atoms with Crippen LogP contribution in [0.3, 0.4) is 0 Å². The summed E-state index contributed by atoms with van der Waals surface area (Å²) in [5.74, 6) is 0.